The fourth-order valence-electron chi connectivity index (χ4n) is 2.11. The first kappa shape index (κ1) is 12.6. The van der Waals surface area contributed by atoms with E-state index in [-0.39, 0.29) is 5.69 Å². The molecule has 0 radical (unpaired) electrons. The average molecular weight is 288 g/mol. The Morgan fingerprint density at radius 2 is 2.00 bits per heavy atom. The van der Waals surface area contributed by atoms with Crippen molar-refractivity contribution in [2.45, 2.75) is 6.42 Å². The summed E-state index contributed by atoms with van der Waals surface area (Å²) in [6.07, 6.45) is 0.464. The van der Waals surface area contributed by atoms with Crippen LogP contribution in [0.3, 0.4) is 0 Å². The summed E-state index contributed by atoms with van der Waals surface area (Å²) in [6, 6.07) is 12.3. The molecule has 100 valence electrons. The largest absolute Gasteiger partial charge is 0.477 e. The maximum Gasteiger partial charge on any atom is 0.352 e. The number of fused-ring (bicyclic) bond motifs is 1. The van der Waals surface area contributed by atoms with Crippen molar-refractivity contribution in [1.29, 1.82) is 0 Å². The van der Waals surface area contributed by atoms with Gasteiger partial charge >= 0.3 is 5.97 Å². The lowest BCUT2D eigenvalue weighted by atomic mass is 10.1. The van der Waals surface area contributed by atoms with Gasteiger partial charge in [-0.1, -0.05) is 29.8 Å². The number of carboxylic acid groups (broad SMARTS) is 1. The van der Waals surface area contributed by atoms with Crippen molar-refractivity contribution in [2.24, 2.45) is 0 Å². The average Bonchev–Trinajstić information content (AvgIpc) is 2.82. The summed E-state index contributed by atoms with van der Waals surface area (Å²) in [5.41, 5.74) is 1.61. The zero-order chi connectivity index (χ0) is 14.1. The highest BCUT2D eigenvalue weighted by Gasteiger charge is 2.14. The lowest BCUT2D eigenvalue weighted by Gasteiger charge is -2.04. The van der Waals surface area contributed by atoms with E-state index in [1.54, 1.807) is 22.6 Å². The predicted octanol–water partition coefficient (Wildman–Crippen LogP) is 2.67. The molecule has 2 aromatic heterocycles. The van der Waals surface area contributed by atoms with Gasteiger partial charge in [-0.15, -0.1) is 10.2 Å². The third-order valence-corrected chi connectivity index (χ3v) is 3.20. The van der Waals surface area contributed by atoms with E-state index in [1.165, 1.54) is 6.07 Å². The minimum atomic E-state index is -1.01. The molecule has 1 N–H and O–H groups in total. The molecule has 0 saturated carbocycles. The number of halogens is 1. The van der Waals surface area contributed by atoms with Crippen molar-refractivity contribution in [3.05, 3.63) is 64.6 Å². The van der Waals surface area contributed by atoms with Crippen molar-refractivity contribution < 1.29 is 9.90 Å². The van der Waals surface area contributed by atoms with Crippen LogP contribution in [0.25, 0.3) is 5.65 Å². The van der Waals surface area contributed by atoms with Crippen molar-refractivity contribution >= 4 is 23.2 Å². The number of pyridine rings is 1. The molecule has 1 aromatic carbocycles. The third kappa shape index (κ3) is 2.23. The number of carbonyl (C=O) groups is 1. The second-order valence-electron chi connectivity index (χ2n) is 4.33. The Labute approximate surface area is 119 Å². The van der Waals surface area contributed by atoms with Crippen LogP contribution in [-0.2, 0) is 6.42 Å². The normalized spacial score (nSPS) is 10.8. The maximum absolute atomic E-state index is 11.3. The molecular weight excluding hydrogens is 278 g/mol. The highest BCUT2D eigenvalue weighted by molar-refractivity contribution is 6.30. The van der Waals surface area contributed by atoms with Crippen LogP contribution in [0, 0.1) is 0 Å². The lowest BCUT2D eigenvalue weighted by molar-refractivity contribution is 0.0688. The van der Waals surface area contributed by atoms with Gasteiger partial charge in [0.25, 0.3) is 0 Å². The van der Waals surface area contributed by atoms with Crippen LogP contribution in [0.15, 0.2) is 42.5 Å². The summed E-state index contributed by atoms with van der Waals surface area (Å²) in [6.45, 7) is 0. The van der Waals surface area contributed by atoms with Gasteiger partial charge in [0, 0.05) is 11.4 Å². The van der Waals surface area contributed by atoms with Crippen molar-refractivity contribution in [1.82, 2.24) is 14.6 Å². The molecule has 2 heterocycles. The summed E-state index contributed by atoms with van der Waals surface area (Å²) in [5, 5.41) is 17.9. The first-order valence-corrected chi connectivity index (χ1v) is 6.34. The van der Waals surface area contributed by atoms with E-state index in [4.69, 9.17) is 11.6 Å². The van der Waals surface area contributed by atoms with E-state index in [9.17, 15) is 9.90 Å². The maximum atomic E-state index is 11.3. The van der Waals surface area contributed by atoms with E-state index in [1.807, 2.05) is 18.2 Å². The Bertz CT molecular complexity index is 798. The van der Waals surface area contributed by atoms with E-state index in [2.05, 4.69) is 10.2 Å². The number of hydrogen-bond acceptors (Lipinski definition) is 3. The number of hydrogen-bond donors (Lipinski definition) is 1. The van der Waals surface area contributed by atoms with Crippen LogP contribution in [0.1, 0.15) is 21.9 Å². The summed E-state index contributed by atoms with van der Waals surface area (Å²) < 4.78 is 1.54. The van der Waals surface area contributed by atoms with Gasteiger partial charge in [0.1, 0.15) is 11.5 Å². The standard InChI is InChI=1S/C14H10ClN3O2/c15-10-4-1-3-9(7-10)8-13-17-16-12-6-2-5-11(14(19)20)18(12)13/h1-7H,8H2,(H,19,20). The SMILES string of the molecule is O=C(O)c1cccc2nnc(Cc3cccc(Cl)c3)n12. The van der Waals surface area contributed by atoms with Gasteiger partial charge in [0.05, 0.1) is 0 Å². The van der Waals surface area contributed by atoms with Crippen LogP contribution in [0.4, 0.5) is 0 Å². The summed E-state index contributed by atoms with van der Waals surface area (Å²) >= 11 is 5.95. The molecule has 0 saturated heterocycles. The smallest absolute Gasteiger partial charge is 0.352 e. The third-order valence-electron chi connectivity index (χ3n) is 2.97. The van der Waals surface area contributed by atoms with Crippen molar-refractivity contribution in [3.8, 4) is 0 Å². The topological polar surface area (TPSA) is 67.5 Å². The van der Waals surface area contributed by atoms with Gasteiger partial charge in [0.15, 0.2) is 5.65 Å². The zero-order valence-corrected chi connectivity index (χ0v) is 11.1. The Hall–Kier alpha value is -2.40. The van der Waals surface area contributed by atoms with Gasteiger partial charge in [-0.25, -0.2) is 4.79 Å². The van der Waals surface area contributed by atoms with Crippen LogP contribution in [-0.4, -0.2) is 25.7 Å². The lowest BCUT2D eigenvalue weighted by Crippen LogP contribution is -2.08. The van der Waals surface area contributed by atoms with Crippen molar-refractivity contribution in [2.75, 3.05) is 0 Å². The van der Waals surface area contributed by atoms with Crippen LogP contribution >= 0.6 is 11.6 Å². The molecule has 0 unspecified atom stereocenters. The molecule has 3 rings (SSSR count). The first-order chi connectivity index (χ1) is 9.65. The fourth-order valence-corrected chi connectivity index (χ4v) is 2.32. The molecular formula is C14H10ClN3O2. The highest BCUT2D eigenvalue weighted by Crippen LogP contribution is 2.16. The second kappa shape index (κ2) is 4.94. The van der Waals surface area contributed by atoms with Crippen molar-refractivity contribution in [3.63, 3.8) is 0 Å². The van der Waals surface area contributed by atoms with Gasteiger partial charge < -0.3 is 5.11 Å². The number of rotatable bonds is 3. The fraction of sp³-hybridized carbons (Fsp3) is 0.0714. The predicted molar refractivity (Wildman–Crippen MR) is 74.2 cm³/mol. The summed E-state index contributed by atoms with van der Waals surface area (Å²) in [4.78, 5) is 11.3. The quantitative estimate of drug-likeness (QED) is 0.804. The number of carboxylic acids is 1. The first-order valence-electron chi connectivity index (χ1n) is 5.96. The van der Waals surface area contributed by atoms with E-state index in [0.29, 0.717) is 22.9 Å². The van der Waals surface area contributed by atoms with Gasteiger partial charge in [0.2, 0.25) is 0 Å². The Morgan fingerprint density at radius 1 is 1.20 bits per heavy atom. The minimum absolute atomic E-state index is 0.143. The van der Waals surface area contributed by atoms with E-state index >= 15 is 0 Å². The van der Waals surface area contributed by atoms with E-state index < -0.39 is 5.97 Å². The number of aromatic nitrogens is 3. The molecule has 20 heavy (non-hydrogen) atoms. The van der Waals surface area contributed by atoms with Gasteiger partial charge in [-0.05, 0) is 29.8 Å². The monoisotopic (exact) mass is 287 g/mol. The Balaban J connectivity index is 2.10. The molecule has 0 aliphatic heterocycles. The van der Waals surface area contributed by atoms with Crippen LogP contribution in [0.2, 0.25) is 5.02 Å². The molecule has 0 spiro atoms. The van der Waals surface area contributed by atoms with E-state index in [0.717, 1.165) is 5.56 Å². The molecule has 0 amide bonds. The summed E-state index contributed by atoms with van der Waals surface area (Å²) in [5.74, 6) is -0.442. The van der Waals surface area contributed by atoms with Crippen LogP contribution < -0.4 is 0 Å². The van der Waals surface area contributed by atoms with Gasteiger partial charge in [-0.3, -0.25) is 4.40 Å². The highest BCUT2D eigenvalue weighted by atomic mass is 35.5. The van der Waals surface area contributed by atoms with Crippen LogP contribution in [0.5, 0.6) is 0 Å². The Kier molecular flexibility index (Phi) is 3.12. The number of nitrogens with zero attached hydrogens (tertiary/aromatic N) is 3. The molecule has 3 aromatic rings. The molecule has 0 atom stereocenters. The molecule has 0 fully saturated rings. The molecule has 0 bridgehead atoms. The minimum Gasteiger partial charge on any atom is -0.477 e. The zero-order valence-electron chi connectivity index (χ0n) is 10.3. The number of benzene rings is 1. The second-order valence-corrected chi connectivity index (χ2v) is 4.77. The number of aromatic carboxylic acids is 1. The van der Waals surface area contributed by atoms with Gasteiger partial charge in [-0.2, -0.15) is 0 Å². The molecule has 6 heteroatoms. The summed E-state index contributed by atoms with van der Waals surface area (Å²) in [7, 11) is 0. The molecule has 5 nitrogen and oxygen atoms in total. The molecule has 0 aliphatic carbocycles. The Morgan fingerprint density at radius 3 is 2.75 bits per heavy atom. The molecule has 0 aliphatic rings.